The van der Waals surface area contributed by atoms with Crippen LogP contribution in [-0.2, 0) is 11.2 Å². The number of piperidine rings is 1. The maximum atomic E-state index is 13.7. The molecule has 0 saturated carbocycles. The Labute approximate surface area is 239 Å². The fourth-order valence-electron chi connectivity index (χ4n) is 5.51. The molecular weight excluding hydrogens is 556 g/mol. The fraction of sp³-hybridized carbons (Fsp3) is 0.375. The lowest BCUT2D eigenvalue weighted by molar-refractivity contribution is -0.120. The van der Waals surface area contributed by atoms with Crippen molar-refractivity contribution < 1.29 is 19.4 Å². The number of nitrogens with one attached hydrogen (secondary N) is 1. The van der Waals surface area contributed by atoms with Crippen LogP contribution >= 0.6 is 15.9 Å². The molecular formula is C32H37BrN2O4. The summed E-state index contributed by atoms with van der Waals surface area (Å²) in [6, 6.07) is 17.5. The van der Waals surface area contributed by atoms with Gasteiger partial charge in [0.05, 0.1) is 19.6 Å². The Bertz CT molecular complexity index is 1350. The summed E-state index contributed by atoms with van der Waals surface area (Å²) >= 11 is 3.46. The molecule has 206 valence electrons. The Morgan fingerprint density at radius 1 is 1.03 bits per heavy atom. The normalized spacial score (nSPS) is 14.3. The van der Waals surface area contributed by atoms with E-state index in [2.05, 4.69) is 83.3 Å². The van der Waals surface area contributed by atoms with E-state index in [0.717, 1.165) is 42.6 Å². The number of rotatable bonds is 9. The summed E-state index contributed by atoms with van der Waals surface area (Å²) in [7, 11) is 1.43. The van der Waals surface area contributed by atoms with Crippen molar-refractivity contribution in [1.29, 1.82) is 0 Å². The molecule has 4 rings (SSSR count). The van der Waals surface area contributed by atoms with Crippen molar-refractivity contribution in [3.8, 4) is 5.75 Å². The van der Waals surface area contributed by atoms with Crippen molar-refractivity contribution in [1.82, 2.24) is 5.32 Å². The molecule has 0 spiro atoms. The van der Waals surface area contributed by atoms with Gasteiger partial charge in [-0.15, -0.1) is 0 Å². The molecule has 0 radical (unpaired) electrons. The minimum absolute atomic E-state index is 0.0448. The topological polar surface area (TPSA) is 78.9 Å². The fourth-order valence-corrected chi connectivity index (χ4v) is 5.99. The van der Waals surface area contributed by atoms with Crippen LogP contribution in [0.5, 0.6) is 5.75 Å². The van der Waals surface area contributed by atoms with E-state index in [4.69, 9.17) is 4.74 Å². The molecule has 7 heteroatoms. The van der Waals surface area contributed by atoms with Gasteiger partial charge >= 0.3 is 5.97 Å². The number of carbonyl (C=O) groups is 2. The zero-order valence-electron chi connectivity index (χ0n) is 23.1. The Morgan fingerprint density at radius 2 is 1.72 bits per heavy atom. The number of carbonyl (C=O) groups excluding carboxylic acids is 1. The molecule has 3 aromatic carbocycles. The van der Waals surface area contributed by atoms with Crippen LogP contribution in [0.1, 0.15) is 83.2 Å². The largest absolute Gasteiger partial charge is 0.496 e. The van der Waals surface area contributed by atoms with Gasteiger partial charge < -0.3 is 20.1 Å². The minimum Gasteiger partial charge on any atom is -0.496 e. The SMILES string of the molecule is COc1cc(CC(=O)NC(c2ccccc2C(C)C)c2c(C)cccc2N2CCCCC2)c(Br)cc1C(=O)O. The number of benzene rings is 3. The molecule has 2 N–H and O–H groups in total. The summed E-state index contributed by atoms with van der Waals surface area (Å²) in [4.78, 5) is 27.8. The average Bonchev–Trinajstić information content (AvgIpc) is 2.93. The molecule has 1 amide bonds. The van der Waals surface area contributed by atoms with E-state index in [1.165, 1.54) is 30.8 Å². The molecule has 1 aliphatic heterocycles. The molecule has 0 aromatic heterocycles. The molecule has 0 aliphatic carbocycles. The van der Waals surface area contributed by atoms with Gasteiger partial charge in [-0.1, -0.05) is 66.2 Å². The Hall–Kier alpha value is -3.32. The summed E-state index contributed by atoms with van der Waals surface area (Å²) in [5, 5.41) is 12.9. The number of hydrogen-bond acceptors (Lipinski definition) is 4. The van der Waals surface area contributed by atoms with Gasteiger partial charge in [0.1, 0.15) is 11.3 Å². The Kier molecular flexibility index (Phi) is 9.33. The maximum Gasteiger partial charge on any atom is 0.339 e. The molecule has 1 aliphatic rings. The molecule has 1 heterocycles. The van der Waals surface area contributed by atoms with Gasteiger partial charge in [0, 0.05) is 28.8 Å². The van der Waals surface area contributed by atoms with Gasteiger partial charge in [-0.2, -0.15) is 0 Å². The molecule has 1 atom stereocenters. The summed E-state index contributed by atoms with van der Waals surface area (Å²) < 4.78 is 5.86. The minimum atomic E-state index is -1.08. The first-order valence-corrected chi connectivity index (χ1v) is 14.3. The summed E-state index contributed by atoms with van der Waals surface area (Å²) in [5.74, 6) is -0.734. The van der Waals surface area contributed by atoms with Crippen LogP contribution in [0.3, 0.4) is 0 Å². The van der Waals surface area contributed by atoms with Crippen LogP contribution in [0.15, 0.2) is 59.1 Å². The number of nitrogens with zero attached hydrogens (tertiary/aromatic N) is 1. The van der Waals surface area contributed by atoms with Gasteiger partial charge in [-0.05, 0) is 72.6 Å². The van der Waals surface area contributed by atoms with Crippen LogP contribution in [-0.4, -0.2) is 37.2 Å². The number of aryl methyl sites for hydroxylation is 1. The predicted octanol–water partition coefficient (Wildman–Crippen LogP) is 7.03. The van der Waals surface area contributed by atoms with Gasteiger partial charge in [-0.25, -0.2) is 4.79 Å². The zero-order valence-corrected chi connectivity index (χ0v) is 24.7. The van der Waals surface area contributed by atoms with Crippen LogP contribution in [0, 0.1) is 6.92 Å². The Balaban J connectivity index is 1.77. The summed E-state index contributed by atoms with van der Waals surface area (Å²) in [5.41, 5.74) is 6.42. The second kappa shape index (κ2) is 12.7. The van der Waals surface area contributed by atoms with E-state index >= 15 is 0 Å². The van der Waals surface area contributed by atoms with Crippen LogP contribution < -0.4 is 15.0 Å². The van der Waals surface area contributed by atoms with Crippen molar-refractivity contribution in [2.75, 3.05) is 25.1 Å². The van der Waals surface area contributed by atoms with E-state index in [-0.39, 0.29) is 35.6 Å². The second-order valence-electron chi connectivity index (χ2n) is 10.5. The number of hydrogen-bond donors (Lipinski definition) is 2. The molecule has 0 bridgehead atoms. The zero-order chi connectivity index (χ0) is 28.1. The van der Waals surface area contributed by atoms with Crippen LogP contribution in [0.2, 0.25) is 0 Å². The van der Waals surface area contributed by atoms with E-state index in [1.807, 2.05) is 6.07 Å². The van der Waals surface area contributed by atoms with Crippen molar-refractivity contribution in [2.24, 2.45) is 0 Å². The molecule has 6 nitrogen and oxygen atoms in total. The number of ether oxygens (including phenoxy) is 1. The maximum absolute atomic E-state index is 13.7. The van der Waals surface area contributed by atoms with Crippen molar-refractivity contribution in [3.05, 3.63) is 92.5 Å². The highest BCUT2D eigenvalue weighted by Crippen LogP contribution is 2.38. The highest BCUT2D eigenvalue weighted by Gasteiger charge is 2.27. The van der Waals surface area contributed by atoms with Crippen LogP contribution in [0.25, 0.3) is 0 Å². The van der Waals surface area contributed by atoms with Crippen molar-refractivity contribution >= 4 is 33.5 Å². The lowest BCUT2D eigenvalue weighted by Crippen LogP contribution is -2.35. The Morgan fingerprint density at radius 3 is 2.36 bits per heavy atom. The summed E-state index contributed by atoms with van der Waals surface area (Å²) in [6.07, 6.45) is 3.64. The van der Waals surface area contributed by atoms with Gasteiger partial charge in [-0.3, -0.25) is 4.79 Å². The first-order chi connectivity index (χ1) is 18.7. The molecule has 39 heavy (non-hydrogen) atoms. The van der Waals surface area contributed by atoms with E-state index in [9.17, 15) is 14.7 Å². The molecule has 1 unspecified atom stereocenters. The van der Waals surface area contributed by atoms with E-state index in [0.29, 0.717) is 10.0 Å². The van der Waals surface area contributed by atoms with E-state index in [1.54, 1.807) is 6.07 Å². The number of methoxy groups -OCH3 is 1. The lowest BCUT2D eigenvalue weighted by Gasteiger charge is -2.34. The van der Waals surface area contributed by atoms with Gasteiger partial charge in [0.15, 0.2) is 0 Å². The number of aromatic carboxylic acids is 1. The lowest BCUT2D eigenvalue weighted by atomic mass is 9.86. The first kappa shape index (κ1) is 28.7. The number of halogens is 1. The average molecular weight is 594 g/mol. The molecule has 3 aromatic rings. The molecule has 1 saturated heterocycles. The third kappa shape index (κ3) is 6.47. The monoisotopic (exact) mass is 592 g/mol. The van der Waals surface area contributed by atoms with Crippen molar-refractivity contribution in [2.45, 2.75) is 58.4 Å². The number of amides is 1. The third-order valence-corrected chi connectivity index (χ3v) is 8.21. The van der Waals surface area contributed by atoms with Gasteiger partial charge in [0.2, 0.25) is 5.91 Å². The van der Waals surface area contributed by atoms with Crippen molar-refractivity contribution in [3.63, 3.8) is 0 Å². The standard InChI is InChI=1S/C32H37BrN2O4/c1-20(2)23-12-6-7-13-24(23)31(30-21(3)11-10-14-27(30)35-15-8-5-9-16-35)34-29(36)18-22-17-28(39-4)25(32(37)38)19-26(22)33/h6-7,10-14,17,19-20,31H,5,8-9,15-16,18H2,1-4H3,(H,34,36)(H,37,38). The highest BCUT2D eigenvalue weighted by molar-refractivity contribution is 9.10. The highest BCUT2D eigenvalue weighted by atomic mass is 79.9. The molecule has 1 fully saturated rings. The quantitative estimate of drug-likeness (QED) is 0.279. The third-order valence-electron chi connectivity index (χ3n) is 7.47. The van der Waals surface area contributed by atoms with Crippen LogP contribution in [0.4, 0.5) is 5.69 Å². The number of carboxylic acids is 1. The smallest absolute Gasteiger partial charge is 0.339 e. The second-order valence-corrected chi connectivity index (χ2v) is 11.3. The number of anilines is 1. The number of carboxylic acid groups (broad SMARTS) is 1. The first-order valence-electron chi connectivity index (χ1n) is 13.5. The predicted molar refractivity (Wildman–Crippen MR) is 159 cm³/mol. The summed E-state index contributed by atoms with van der Waals surface area (Å²) in [6.45, 7) is 8.48. The van der Waals surface area contributed by atoms with Gasteiger partial charge in [0.25, 0.3) is 0 Å². The van der Waals surface area contributed by atoms with E-state index < -0.39 is 5.97 Å².